The summed E-state index contributed by atoms with van der Waals surface area (Å²) in [7, 11) is 0. The molecule has 0 bridgehead atoms. The summed E-state index contributed by atoms with van der Waals surface area (Å²) >= 11 is 4.29. The first-order valence-corrected chi connectivity index (χ1v) is 4.89. The van der Waals surface area contributed by atoms with E-state index in [0.29, 0.717) is 21.6 Å². The summed E-state index contributed by atoms with van der Waals surface area (Å²) in [6.45, 7) is 5.32. The third-order valence-corrected chi connectivity index (χ3v) is 3.24. The number of rotatable bonds is 1. The smallest absolute Gasteiger partial charge is 0.336 e. The molecule has 0 fully saturated rings. The number of thiol groups is 1. The molecule has 1 rings (SSSR count). The average Bonchev–Trinajstić information content (AvgIpc) is 2.15. The van der Waals surface area contributed by atoms with Crippen LogP contribution in [0, 0.1) is 33.1 Å². The minimum Gasteiger partial charge on any atom is -0.478 e. The maximum absolute atomic E-state index is 11.1. The van der Waals surface area contributed by atoms with Crippen LogP contribution in [0.25, 0.3) is 0 Å². The number of carboxylic acids is 1. The van der Waals surface area contributed by atoms with E-state index in [1.54, 1.807) is 13.8 Å². The van der Waals surface area contributed by atoms with Crippen LogP contribution in [0.3, 0.4) is 0 Å². The zero-order valence-corrected chi connectivity index (χ0v) is 9.77. The highest BCUT2D eigenvalue weighted by Gasteiger charge is 2.18. The highest BCUT2D eigenvalue weighted by Crippen LogP contribution is 2.28. The highest BCUT2D eigenvalue weighted by molar-refractivity contribution is 7.80. The van der Waals surface area contributed by atoms with Gasteiger partial charge < -0.3 is 5.11 Å². The second-order valence-electron chi connectivity index (χ2n) is 3.42. The second kappa shape index (κ2) is 4.00. The van der Waals surface area contributed by atoms with Crippen LogP contribution in [-0.4, -0.2) is 11.1 Å². The molecule has 0 atom stereocenters. The van der Waals surface area contributed by atoms with E-state index in [0.717, 1.165) is 5.56 Å². The van der Waals surface area contributed by atoms with Gasteiger partial charge in [-0.15, -0.1) is 19.1 Å². The van der Waals surface area contributed by atoms with Crippen molar-refractivity contribution in [1.29, 1.82) is 0 Å². The maximum Gasteiger partial charge on any atom is 0.336 e. The van der Waals surface area contributed by atoms with Gasteiger partial charge in [-0.05, 0) is 37.5 Å². The molecular weight excluding hydrogens is 208 g/mol. The van der Waals surface area contributed by atoms with Gasteiger partial charge in [0.2, 0.25) is 0 Å². The Balaban J connectivity index is 3.78. The summed E-state index contributed by atoms with van der Waals surface area (Å²) in [5.41, 5.74) is 3.06. The summed E-state index contributed by atoms with van der Waals surface area (Å²) in [4.78, 5) is 11.7. The molecule has 0 heterocycles. The van der Waals surface area contributed by atoms with Crippen LogP contribution < -0.4 is 0 Å². The number of carboxylic acid groups (broad SMARTS) is 1. The molecule has 1 N–H and O–H groups in total. The Morgan fingerprint density at radius 3 is 2.20 bits per heavy atom. The Labute approximate surface area is 94.7 Å². The first-order chi connectivity index (χ1) is 6.91. The molecule has 0 aromatic heterocycles. The Morgan fingerprint density at radius 1 is 1.27 bits per heavy atom. The Morgan fingerprint density at radius 2 is 1.80 bits per heavy atom. The minimum atomic E-state index is -0.961. The molecule has 0 aliphatic carbocycles. The normalized spacial score (nSPS) is 9.80. The zero-order chi connectivity index (χ0) is 11.7. The summed E-state index contributed by atoms with van der Waals surface area (Å²) < 4.78 is 0. The number of aromatic carboxylic acids is 1. The third kappa shape index (κ3) is 1.73. The lowest BCUT2D eigenvalue weighted by atomic mass is 9.93. The van der Waals surface area contributed by atoms with Gasteiger partial charge in [-0.1, -0.05) is 5.92 Å². The Kier molecular flexibility index (Phi) is 3.11. The van der Waals surface area contributed by atoms with E-state index in [-0.39, 0.29) is 5.56 Å². The fourth-order valence-electron chi connectivity index (χ4n) is 1.74. The predicted octanol–water partition coefficient (Wildman–Crippen LogP) is 2.58. The number of hydrogen-bond donors (Lipinski definition) is 2. The molecule has 0 aliphatic heterocycles. The van der Waals surface area contributed by atoms with Crippen molar-refractivity contribution in [2.24, 2.45) is 0 Å². The second-order valence-corrected chi connectivity index (χ2v) is 3.87. The van der Waals surface area contributed by atoms with Crippen LogP contribution in [0.15, 0.2) is 4.90 Å². The van der Waals surface area contributed by atoms with Crippen LogP contribution in [0.5, 0.6) is 0 Å². The van der Waals surface area contributed by atoms with E-state index in [2.05, 4.69) is 18.5 Å². The zero-order valence-electron chi connectivity index (χ0n) is 8.88. The van der Waals surface area contributed by atoms with Crippen molar-refractivity contribution in [3.05, 3.63) is 27.8 Å². The third-order valence-electron chi connectivity index (χ3n) is 2.57. The fraction of sp³-hybridized carbons (Fsp3) is 0.250. The molecule has 0 aliphatic rings. The van der Waals surface area contributed by atoms with Gasteiger partial charge in [0.1, 0.15) is 0 Å². The lowest BCUT2D eigenvalue weighted by Gasteiger charge is -2.14. The number of hydrogen-bond acceptors (Lipinski definition) is 2. The first-order valence-electron chi connectivity index (χ1n) is 4.44. The Bertz CT molecular complexity index is 482. The number of benzene rings is 1. The fourth-order valence-corrected chi connectivity index (χ4v) is 1.97. The average molecular weight is 220 g/mol. The van der Waals surface area contributed by atoms with Gasteiger partial charge in [-0.3, -0.25) is 0 Å². The highest BCUT2D eigenvalue weighted by atomic mass is 32.1. The summed E-state index contributed by atoms with van der Waals surface area (Å²) in [6, 6.07) is 0. The van der Waals surface area contributed by atoms with Crippen LogP contribution >= 0.6 is 12.6 Å². The van der Waals surface area contributed by atoms with Crippen molar-refractivity contribution in [3.63, 3.8) is 0 Å². The van der Waals surface area contributed by atoms with Gasteiger partial charge in [-0.25, -0.2) is 4.79 Å². The number of terminal acetylenes is 1. The molecule has 15 heavy (non-hydrogen) atoms. The standard InChI is InChI=1S/C12H12O2S/c1-5-9-6(2)10(12(13)14)8(4)11(15)7(9)3/h1,15H,2-4H3,(H,13,14). The van der Waals surface area contributed by atoms with Gasteiger partial charge in [0, 0.05) is 10.5 Å². The van der Waals surface area contributed by atoms with Gasteiger partial charge in [-0.2, -0.15) is 0 Å². The topological polar surface area (TPSA) is 37.3 Å². The van der Waals surface area contributed by atoms with Crippen LogP contribution in [-0.2, 0) is 0 Å². The predicted molar refractivity (Wildman–Crippen MR) is 62.8 cm³/mol. The van der Waals surface area contributed by atoms with Crippen molar-refractivity contribution >= 4 is 18.6 Å². The molecule has 0 radical (unpaired) electrons. The molecule has 0 unspecified atom stereocenters. The van der Waals surface area contributed by atoms with Crippen molar-refractivity contribution in [2.45, 2.75) is 25.7 Å². The molecule has 2 nitrogen and oxygen atoms in total. The van der Waals surface area contributed by atoms with Crippen molar-refractivity contribution in [3.8, 4) is 12.3 Å². The van der Waals surface area contributed by atoms with Gasteiger partial charge in [0.15, 0.2) is 0 Å². The maximum atomic E-state index is 11.1. The molecule has 0 saturated carbocycles. The Hall–Kier alpha value is -1.40. The van der Waals surface area contributed by atoms with Crippen molar-refractivity contribution in [2.75, 3.05) is 0 Å². The molecule has 78 valence electrons. The summed E-state index contributed by atoms with van der Waals surface area (Å²) in [6.07, 6.45) is 5.36. The van der Waals surface area contributed by atoms with Crippen LogP contribution in [0.2, 0.25) is 0 Å². The van der Waals surface area contributed by atoms with E-state index in [1.165, 1.54) is 0 Å². The molecule has 1 aromatic rings. The van der Waals surface area contributed by atoms with Crippen molar-refractivity contribution in [1.82, 2.24) is 0 Å². The first kappa shape index (κ1) is 11.7. The SMILES string of the molecule is C#Cc1c(C)c(S)c(C)c(C(=O)O)c1C. The lowest BCUT2D eigenvalue weighted by Crippen LogP contribution is -2.07. The molecule has 0 saturated heterocycles. The van der Waals surface area contributed by atoms with Gasteiger partial charge in [0.25, 0.3) is 0 Å². The molecule has 1 aromatic carbocycles. The molecule has 0 amide bonds. The number of carbonyl (C=O) groups is 1. The quantitative estimate of drug-likeness (QED) is 0.564. The van der Waals surface area contributed by atoms with E-state index < -0.39 is 5.97 Å². The van der Waals surface area contributed by atoms with Gasteiger partial charge in [0.05, 0.1) is 5.56 Å². The van der Waals surface area contributed by atoms with E-state index in [1.807, 2.05) is 6.92 Å². The van der Waals surface area contributed by atoms with Crippen molar-refractivity contribution < 1.29 is 9.90 Å². The van der Waals surface area contributed by atoms with E-state index >= 15 is 0 Å². The largest absolute Gasteiger partial charge is 0.478 e. The molecular formula is C12H12O2S. The van der Waals surface area contributed by atoms with E-state index in [9.17, 15) is 4.79 Å². The minimum absolute atomic E-state index is 0.263. The van der Waals surface area contributed by atoms with E-state index in [4.69, 9.17) is 11.5 Å². The van der Waals surface area contributed by atoms with Crippen LogP contribution in [0.4, 0.5) is 0 Å². The van der Waals surface area contributed by atoms with Crippen LogP contribution in [0.1, 0.15) is 32.6 Å². The summed E-state index contributed by atoms with van der Waals surface area (Å²) in [5.74, 6) is 1.55. The summed E-state index contributed by atoms with van der Waals surface area (Å²) in [5, 5.41) is 9.08. The monoisotopic (exact) mass is 220 g/mol. The lowest BCUT2D eigenvalue weighted by molar-refractivity contribution is 0.0695. The molecule has 0 spiro atoms. The van der Waals surface area contributed by atoms with Gasteiger partial charge >= 0.3 is 5.97 Å². The molecule has 3 heteroatoms.